The Balaban J connectivity index is 2.66. The first kappa shape index (κ1) is 18.9. The monoisotopic (exact) mass is 421 g/mol. The van der Waals surface area contributed by atoms with Gasteiger partial charge in [-0.1, -0.05) is 42.6 Å². The number of benzene rings is 1. The maximum absolute atomic E-state index is 10.2. The predicted octanol–water partition coefficient (Wildman–Crippen LogP) is 4.50. The number of nitrogens with one attached hydrogen (secondary N) is 1. The van der Waals surface area contributed by atoms with Crippen LogP contribution in [0.2, 0.25) is 0 Å². The van der Waals surface area contributed by atoms with Gasteiger partial charge in [-0.05, 0) is 40.9 Å². The normalized spacial score (nSPS) is 12.7. The summed E-state index contributed by atoms with van der Waals surface area (Å²) in [4.78, 5) is 0. The molecular weight excluding hydrogens is 398 g/mol. The van der Waals surface area contributed by atoms with Crippen molar-refractivity contribution in [1.82, 2.24) is 5.32 Å². The van der Waals surface area contributed by atoms with E-state index in [0.717, 1.165) is 33.1 Å². The summed E-state index contributed by atoms with van der Waals surface area (Å²) in [5.74, 6) is 1.23. The van der Waals surface area contributed by atoms with Crippen molar-refractivity contribution in [1.29, 1.82) is 0 Å². The van der Waals surface area contributed by atoms with Crippen molar-refractivity contribution < 1.29 is 9.84 Å². The first-order valence-electron chi connectivity index (χ1n) is 7.52. The van der Waals surface area contributed by atoms with Crippen LogP contribution < -0.4 is 10.1 Å². The topological polar surface area (TPSA) is 41.5 Å². The maximum atomic E-state index is 10.2. The first-order chi connectivity index (χ1) is 10.0. The van der Waals surface area contributed by atoms with E-state index in [1.807, 2.05) is 19.1 Å². The van der Waals surface area contributed by atoms with Gasteiger partial charge in [-0.25, -0.2) is 0 Å². The Labute approximate surface area is 144 Å². The molecule has 0 bridgehead atoms. The predicted molar refractivity (Wildman–Crippen MR) is 94.8 cm³/mol. The molecule has 120 valence electrons. The van der Waals surface area contributed by atoms with Crippen LogP contribution >= 0.6 is 31.9 Å². The van der Waals surface area contributed by atoms with Crippen LogP contribution in [0.5, 0.6) is 5.75 Å². The lowest BCUT2D eigenvalue weighted by atomic mass is 9.96. The highest BCUT2D eigenvalue weighted by Crippen LogP contribution is 2.33. The van der Waals surface area contributed by atoms with Crippen molar-refractivity contribution in [3.8, 4) is 5.75 Å². The Morgan fingerprint density at radius 3 is 2.43 bits per heavy atom. The van der Waals surface area contributed by atoms with Gasteiger partial charge >= 0.3 is 0 Å². The molecule has 1 aromatic rings. The van der Waals surface area contributed by atoms with Gasteiger partial charge in [0.2, 0.25) is 0 Å². The Hall–Kier alpha value is -0.100. The molecule has 0 radical (unpaired) electrons. The first-order valence-corrected chi connectivity index (χ1v) is 9.11. The third kappa shape index (κ3) is 5.89. The molecule has 0 saturated heterocycles. The largest absolute Gasteiger partial charge is 0.492 e. The van der Waals surface area contributed by atoms with Crippen LogP contribution in [0.25, 0.3) is 0 Å². The highest BCUT2D eigenvalue weighted by atomic mass is 79.9. The van der Waals surface area contributed by atoms with Crippen LogP contribution in [0, 0.1) is 5.92 Å². The average Bonchev–Trinajstić information content (AvgIpc) is 2.43. The summed E-state index contributed by atoms with van der Waals surface area (Å²) in [6.45, 7) is 8.12. The molecule has 0 saturated carbocycles. The van der Waals surface area contributed by atoms with Crippen molar-refractivity contribution in [2.75, 3.05) is 13.2 Å². The van der Waals surface area contributed by atoms with Gasteiger partial charge in [0.05, 0.1) is 17.2 Å². The van der Waals surface area contributed by atoms with Crippen LogP contribution in [0.4, 0.5) is 0 Å². The van der Waals surface area contributed by atoms with Gasteiger partial charge in [0.1, 0.15) is 5.75 Å². The van der Waals surface area contributed by atoms with E-state index in [-0.39, 0.29) is 6.10 Å². The Morgan fingerprint density at radius 2 is 1.86 bits per heavy atom. The third-order valence-corrected chi connectivity index (χ3v) is 4.68. The van der Waals surface area contributed by atoms with Gasteiger partial charge in [-0.15, -0.1) is 0 Å². The fourth-order valence-corrected chi connectivity index (χ4v) is 3.83. The lowest BCUT2D eigenvalue weighted by molar-refractivity contribution is 0.101. The molecule has 21 heavy (non-hydrogen) atoms. The third-order valence-electron chi connectivity index (χ3n) is 3.64. The Morgan fingerprint density at radius 1 is 1.19 bits per heavy atom. The summed E-state index contributed by atoms with van der Waals surface area (Å²) in [6.07, 6.45) is 1.71. The number of aliphatic hydroxyl groups excluding tert-OH is 1. The summed E-state index contributed by atoms with van der Waals surface area (Å²) >= 11 is 7.04. The molecule has 0 spiro atoms. The highest BCUT2D eigenvalue weighted by molar-refractivity contribution is 9.11. The second-order valence-electron chi connectivity index (χ2n) is 5.08. The van der Waals surface area contributed by atoms with Crippen LogP contribution in [-0.4, -0.2) is 24.4 Å². The molecule has 1 aromatic carbocycles. The van der Waals surface area contributed by atoms with E-state index in [9.17, 15) is 5.11 Å². The molecule has 1 rings (SSSR count). The quantitative estimate of drug-likeness (QED) is 0.615. The summed E-state index contributed by atoms with van der Waals surface area (Å²) in [6, 6.07) is 4.03. The van der Waals surface area contributed by atoms with Gasteiger partial charge in [-0.2, -0.15) is 0 Å². The molecule has 0 aliphatic rings. The molecule has 1 atom stereocenters. The fraction of sp³-hybridized carbons (Fsp3) is 0.625. The minimum absolute atomic E-state index is 0.300. The van der Waals surface area contributed by atoms with Crippen molar-refractivity contribution in [2.24, 2.45) is 5.92 Å². The van der Waals surface area contributed by atoms with E-state index in [1.165, 1.54) is 0 Å². The van der Waals surface area contributed by atoms with Crippen molar-refractivity contribution in [3.05, 3.63) is 26.6 Å². The molecule has 5 heteroatoms. The van der Waals surface area contributed by atoms with Gasteiger partial charge in [-0.3, -0.25) is 0 Å². The minimum atomic E-state index is -0.300. The smallest absolute Gasteiger partial charge is 0.138 e. The van der Waals surface area contributed by atoms with E-state index in [0.29, 0.717) is 25.6 Å². The number of hydrogen-bond acceptors (Lipinski definition) is 3. The molecule has 0 aliphatic carbocycles. The zero-order valence-electron chi connectivity index (χ0n) is 13.0. The summed E-state index contributed by atoms with van der Waals surface area (Å²) in [5.41, 5.74) is 1.08. The van der Waals surface area contributed by atoms with E-state index >= 15 is 0 Å². The summed E-state index contributed by atoms with van der Waals surface area (Å²) in [7, 11) is 0. The van der Waals surface area contributed by atoms with E-state index in [2.05, 4.69) is 51.0 Å². The van der Waals surface area contributed by atoms with Crippen LogP contribution in [-0.2, 0) is 6.54 Å². The standard InChI is InChI=1S/C16H25Br2NO2/c1-4-11(5-2)15(20)10-19-9-12-7-13(17)8-14(18)16(12)21-6-3/h7-8,11,15,19-20H,4-6,9-10H2,1-3H3. The number of rotatable bonds is 9. The maximum Gasteiger partial charge on any atom is 0.138 e. The minimum Gasteiger partial charge on any atom is -0.492 e. The van der Waals surface area contributed by atoms with Gasteiger partial charge in [0.15, 0.2) is 0 Å². The zero-order valence-corrected chi connectivity index (χ0v) is 16.1. The van der Waals surface area contributed by atoms with Crippen molar-refractivity contribution in [2.45, 2.75) is 46.3 Å². The molecule has 0 amide bonds. The molecule has 2 N–H and O–H groups in total. The Bertz CT molecular complexity index is 437. The van der Waals surface area contributed by atoms with E-state index in [1.54, 1.807) is 0 Å². The molecule has 1 unspecified atom stereocenters. The number of ether oxygens (including phenoxy) is 1. The number of hydrogen-bond donors (Lipinski definition) is 2. The fourth-order valence-electron chi connectivity index (χ4n) is 2.41. The second-order valence-corrected chi connectivity index (χ2v) is 6.85. The molecule has 0 aromatic heterocycles. The number of halogens is 2. The molecule has 3 nitrogen and oxygen atoms in total. The lowest BCUT2D eigenvalue weighted by Crippen LogP contribution is -2.32. The summed E-state index contributed by atoms with van der Waals surface area (Å²) < 4.78 is 7.65. The molecular formula is C16H25Br2NO2. The van der Waals surface area contributed by atoms with Gasteiger partial charge in [0, 0.05) is 23.1 Å². The highest BCUT2D eigenvalue weighted by Gasteiger charge is 2.15. The van der Waals surface area contributed by atoms with Crippen molar-refractivity contribution in [3.63, 3.8) is 0 Å². The van der Waals surface area contributed by atoms with Crippen molar-refractivity contribution >= 4 is 31.9 Å². The zero-order chi connectivity index (χ0) is 15.8. The van der Waals surface area contributed by atoms with Gasteiger partial charge < -0.3 is 15.2 Å². The molecule has 0 heterocycles. The lowest BCUT2D eigenvalue weighted by Gasteiger charge is -2.21. The molecule has 0 aliphatic heterocycles. The van der Waals surface area contributed by atoms with E-state index < -0.39 is 0 Å². The molecule has 0 fully saturated rings. The van der Waals surface area contributed by atoms with Crippen LogP contribution in [0.1, 0.15) is 39.2 Å². The van der Waals surface area contributed by atoms with Crippen LogP contribution in [0.3, 0.4) is 0 Å². The SMILES string of the molecule is CCOc1c(Br)cc(Br)cc1CNCC(O)C(CC)CC. The summed E-state index contributed by atoms with van der Waals surface area (Å²) in [5, 5.41) is 13.5. The number of aliphatic hydroxyl groups is 1. The van der Waals surface area contributed by atoms with E-state index in [4.69, 9.17) is 4.74 Å². The van der Waals surface area contributed by atoms with Crippen LogP contribution in [0.15, 0.2) is 21.1 Å². The Kier molecular flexibility index (Phi) is 8.86. The average molecular weight is 423 g/mol. The van der Waals surface area contributed by atoms with Gasteiger partial charge in [0.25, 0.3) is 0 Å². The second kappa shape index (κ2) is 9.82.